The number of aliphatic hydroxyl groups excluding tert-OH is 2. The number of aromatic amines is 1. The molecule has 0 amide bonds. The third kappa shape index (κ3) is 1.81. The number of hydrogen-bond acceptors (Lipinski definition) is 8. The van der Waals surface area contributed by atoms with Crippen molar-refractivity contribution in [3.05, 3.63) is 10.5 Å². The van der Waals surface area contributed by atoms with E-state index in [0.717, 1.165) is 4.57 Å². The summed E-state index contributed by atoms with van der Waals surface area (Å²) in [5, 5.41) is 30.4. The van der Waals surface area contributed by atoms with Crippen molar-refractivity contribution in [2.45, 2.75) is 24.9 Å². The van der Waals surface area contributed by atoms with Gasteiger partial charge in [0.25, 0.3) is 0 Å². The monoisotopic (exact) mass is 282 g/mol. The first-order valence-electron chi connectivity index (χ1n) is 5.90. The Bertz CT molecular complexity index is 710. The zero-order valence-electron chi connectivity index (χ0n) is 10.2. The Hall–Kier alpha value is -2.17. The van der Waals surface area contributed by atoms with E-state index in [-0.39, 0.29) is 30.1 Å². The van der Waals surface area contributed by atoms with E-state index in [0.29, 0.717) is 0 Å². The van der Waals surface area contributed by atoms with Crippen molar-refractivity contribution in [2.75, 3.05) is 12.3 Å². The number of fused-ring (bicyclic) bond motifs is 1. The lowest BCUT2D eigenvalue weighted by Gasteiger charge is -2.13. The van der Waals surface area contributed by atoms with Gasteiger partial charge >= 0.3 is 5.69 Å². The van der Waals surface area contributed by atoms with Crippen LogP contribution in [0.15, 0.2) is 4.79 Å². The number of nitrogen functional groups attached to an aromatic ring is 1. The number of hydrogen-bond donors (Lipinski definition) is 4. The molecule has 1 fully saturated rings. The maximum Gasteiger partial charge on any atom is 0.329 e. The van der Waals surface area contributed by atoms with E-state index in [4.69, 9.17) is 15.6 Å². The molecule has 3 rings (SSSR count). The van der Waals surface area contributed by atoms with Gasteiger partial charge in [-0.15, -0.1) is 0 Å². The molecule has 20 heavy (non-hydrogen) atoms. The molecule has 2 aromatic rings. The van der Waals surface area contributed by atoms with Gasteiger partial charge in [-0.3, -0.25) is 0 Å². The van der Waals surface area contributed by atoms with Crippen LogP contribution in [0.4, 0.5) is 5.95 Å². The molecule has 0 saturated carbocycles. The summed E-state index contributed by atoms with van der Waals surface area (Å²) < 4.78 is 6.47. The second-order valence-corrected chi connectivity index (χ2v) is 4.50. The molecular formula is C10H12N5O5-. The summed E-state index contributed by atoms with van der Waals surface area (Å²) in [7, 11) is 0. The minimum Gasteiger partial charge on any atom is -0.857 e. The molecule has 5 N–H and O–H groups in total. The van der Waals surface area contributed by atoms with Crippen LogP contribution in [0.3, 0.4) is 0 Å². The predicted octanol–water partition coefficient (Wildman–Crippen LogP) is -2.58. The third-order valence-electron chi connectivity index (χ3n) is 3.23. The summed E-state index contributed by atoms with van der Waals surface area (Å²) in [5.74, 6) is -0.951. The van der Waals surface area contributed by atoms with E-state index in [9.17, 15) is 15.0 Å². The number of rotatable bonds is 2. The first kappa shape index (κ1) is 12.8. The summed E-state index contributed by atoms with van der Waals surface area (Å²) >= 11 is 0. The number of anilines is 1. The van der Waals surface area contributed by atoms with Gasteiger partial charge in [-0.2, -0.15) is 4.98 Å². The molecule has 1 aliphatic heterocycles. The molecule has 1 aliphatic rings. The summed E-state index contributed by atoms with van der Waals surface area (Å²) in [6, 6.07) is 0. The molecule has 10 heteroatoms. The van der Waals surface area contributed by atoms with E-state index in [1.807, 2.05) is 0 Å². The van der Waals surface area contributed by atoms with Crippen LogP contribution in [-0.4, -0.2) is 48.5 Å². The molecule has 3 heterocycles. The maximum absolute atomic E-state index is 11.9. The number of imidazole rings is 1. The Morgan fingerprint density at radius 2 is 2.30 bits per heavy atom. The van der Waals surface area contributed by atoms with Crippen LogP contribution in [0.25, 0.3) is 11.2 Å². The molecule has 3 atom stereocenters. The second kappa shape index (κ2) is 4.44. The SMILES string of the molecule is Nc1nc([O-])c2[nH]c(=O)n([C@H]3C[C@H](O)[C@@H](CO)O3)c2n1. The molecule has 0 unspecified atom stereocenters. The second-order valence-electron chi connectivity index (χ2n) is 4.50. The number of nitrogens with two attached hydrogens (primary N) is 1. The number of aromatic nitrogens is 4. The molecule has 2 aromatic heterocycles. The van der Waals surface area contributed by atoms with Crippen molar-refractivity contribution in [1.82, 2.24) is 19.5 Å². The fraction of sp³-hybridized carbons (Fsp3) is 0.500. The molecule has 1 saturated heterocycles. The Balaban J connectivity index is 2.13. The minimum atomic E-state index is -0.909. The highest BCUT2D eigenvalue weighted by atomic mass is 16.5. The minimum absolute atomic E-state index is 0.0169. The molecule has 0 aliphatic carbocycles. The standard InChI is InChI=1S/C10H13N5O5/c11-9-13-7-6(8(18)14-9)12-10(19)15(7)5-1-3(17)4(2-16)20-5/h3-5,16-17H,1-2H2,(H,12,19)(H3,11,13,14,18)/p-1/t3-,4+,5+/m0/s1. The fourth-order valence-corrected chi connectivity index (χ4v) is 2.30. The summed E-state index contributed by atoms with van der Waals surface area (Å²) in [6.45, 7) is -0.376. The topological polar surface area (TPSA) is 162 Å². The van der Waals surface area contributed by atoms with Gasteiger partial charge in [-0.05, 0) is 0 Å². The zero-order valence-corrected chi connectivity index (χ0v) is 10.2. The van der Waals surface area contributed by atoms with Crippen LogP contribution in [0, 0.1) is 0 Å². The summed E-state index contributed by atoms with van der Waals surface area (Å²) in [6.07, 6.45) is -2.44. The van der Waals surface area contributed by atoms with E-state index in [2.05, 4.69) is 15.0 Å². The number of nitrogens with one attached hydrogen (secondary N) is 1. The molecule has 10 nitrogen and oxygen atoms in total. The lowest BCUT2D eigenvalue weighted by Crippen LogP contribution is -2.25. The van der Waals surface area contributed by atoms with Crippen LogP contribution < -0.4 is 16.5 Å². The average Bonchev–Trinajstić information content (AvgIpc) is 2.89. The third-order valence-corrected chi connectivity index (χ3v) is 3.23. The van der Waals surface area contributed by atoms with Crippen molar-refractivity contribution >= 4 is 17.1 Å². The van der Waals surface area contributed by atoms with Crippen molar-refractivity contribution in [3.63, 3.8) is 0 Å². The molecule has 0 spiro atoms. The van der Waals surface area contributed by atoms with Crippen molar-refractivity contribution in [3.8, 4) is 5.88 Å². The van der Waals surface area contributed by atoms with Crippen LogP contribution in [0.2, 0.25) is 0 Å². The van der Waals surface area contributed by atoms with Gasteiger partial charge in [0.1, 0.15) is 12.3 Å². The van der Waals surface area contributed by atoms with E-state index in [1.165, 1.54) is 0 Å². The lowest BCUT2D eigenvalue weighted by molar-refractivity contribution is -0.272. The number of aliphatic hydroxyl groups is 2. The van der Waals surface area contributed by atoms with E-state index < -0.39 is 30.0 Å². The van der Waals surface area contributed by atoms with Crippen LogP contribution in [-0.2, 0) is 4.74 Å². The van der Waals surface area contributed by atoms with Gasteiger partial charge in [0.15, 0.2) is 5.65 Å². The van der Waals surface area contributed by atoms with Gasteiger partial charge < -0.3 is 30.8 Å². The summed E-state index contributed by atoms with van der Waals surface area (Å²) in [4.78, 5) is 21.5. The van der Waals surface area contributed by atoms with Gasteiger partial charge in [0.2, 0.25) is 5.95 Å². The highest BCUT2D eigenvalue weighted by Crippen LogP contribution is 2.30. The van der Waals surface area contributed by atoms with Crippen LogP contribution in [0.5, 0.6) is 5.88 Å². The number of nitrogens with zero attached hydrogens (tertiary/aromatic N) is 3. The predicted molar refractivity (Wildman–Crippen MR) is 63.6 cm³/mol. The maximum atomic E-state index is 11.9. The van der Waals surface area contributed by atoms with E-state index in [1.54, 1.807) is 0 Å². The van der Waals surface area contributed by atoms with Crippen molar-refractivity contribution in [1.29, 1.82) is 0 Å². The largest absolute Gasteiger partial charge is 0.857 e. The Kier molecular flexibility index (Phi) is 2.85. The molecule has 0 radical (unpaired) electrons. The first-order valence-corrected chi connectivity index (χ1v) is 5.90. The van der Waals surface area contributed by atoms with Crippen molar-refractivity contribution in [2.24, 2.45) is 0 Å². The van der Waals surface area contributed by atoms with E-state index >= 15 is 0 Å². The molecule has 0 bridgehead atoms. The van der Waals surface area contributed by atoms with Gasteiger partial charge in [-0.25, -0.2) is 14.3 Å². The smallest absolute Gasteiger partial charge is 0.329 e. The zero-order chi connectivity index (χ0) is 14.4. The van der Waals surface area contributed by atoms with Gasteiger partial charge in [0.05, 0.1) is 18.2 Å². The fourth-order valence-electron chi connectivity index (χ4n) is 2.30. The first-order chi connectivity index (χ1) is 9.51. The molecule has 108 valence electrons. The highest BCUT2D eigenvalue weighted by molar-refractivity contribution is 5.76. The Morgan fingerprint density at radius 1 is 1.55 bits per heavy atom. The number of ether oxygens (including phenoxy) is 1. The lowest BCUT2D eigenvalue weighted by atomic mass is 10.2. The molecule has 0 aromatic carbocycles. The Labute approximate surface area is 111 Å². The highest BCUT2D eigenvalue weighted by Gasteiger charge is 2.36. The molecular weight excluding hydrogens is 270 g/mol. The summed E-state index contributed by atoms with van der Waals surface area (Å²) in [5.41, 5.74) is 4.73. The van der Waals surface area contributed by atoms with Crippen LogP contribution in [0.1, 0.15) is 12.6 Å². The normalized spacial score (nSPS) is 26.4. The number of H-pyrrole nitrogens is 1. The average molecular weight is 282 g/mol. The van der Waals surface area contributed by atoms with Crippen molar-refractivity contribution < 1.29 is 20.1 Å². The Morgan fingerprint density at radius 3 is 2.95 bits per heavy atom. The quantitative estimate of drug-likeness (QED) is 0.466. The van der Waals surface area contributed by atoms with Crippen LogP contribution >= 0.6 is 0 Å². The van der Waals surface area contributed by atoms with Gasteiger partial charge in [0, 0.05) is 12.3 Å². The van der Waals surface area contributed by atoms with Gasteiger partial charge in [-0.1, -0.05) is 0 Å².